The van der Waals surface area contributed by atoms with E-state index in [9.17, 15) is 4.79 Å². The molecule has 1 aromatic heterocycles. The first kappa shape index (κ1) is 12.8. The fraction of sp³-hybridized carbons (Fsp3) is 0.538. The summed E-state index contributed by atoms with van der Waals surface area (Å²) in [5.74, 6) is -1.00. The highest BCUT2D eigenvalue weighted by molar-refractivity contribution is 5.91. The molecule has 0 aliphatic carbocycles. The number of nitrogens with zero attached hydrogens (tertiary/aromatic N) is 2. The Hall–Kier alpha value is -1.62. The summed E-state index contributed by atoms with van der Waals surface area (Å²) < 4.78 is 0. The zero-order chi connectivity index (χ0) is 13.1. The summed E-state index contributed by atoms with van der Waals surface area (Å²) in [4.78, 5) is 15.0. The van der Waals surface area contributed by atoms with Crippen LogP contribution in [0.1, 0.15) is 43.6 Å². The number of hydrogen-bond donors (Lipinski definition) is 2. The van der Waals surface area contributed by atoms with Crippen LogP contribution in [0.3, 0.4) is 0 Å². The molecule has 98 valence electrons. The van der Waals surface area contributed by atoms with Crippen LogP contribution < -0.4 is 5.43 Å². The van der Waals surface area contributed by atoms with E-state index >= 15 is 0 Å². The van der Waals surface area contributed by atoms with E-state index in [1.165, 1.54) is 12.6 Å². The summed E-state index contributed by atoms with van der Waals surface area (Å²) in [7, 11) is 0. The number of piperidine rings is 1. The Morgan fingerprint density at radius 3 is 2.72 bits per heavy atom. The lowest BCUT2D eigenvalue weighted by atomic mass is 10.00. The molecule has 0 amide bonds. The van der Waals surface area contributed by atoms with Gasteiger partial charge < -0.3 is 10.5 Å². The lowest BCUT2D eigenvalue weighted by Gasteiger charge is -2.39. The van der Waals surface area contributed by atoms with Gasteiger partial charge in [0.05, 0.1) is 5.69 Å². The molecule has 2 rings (SSSR count). The van der Waals surface area contributed by atoms with Gasteiger partial charge in [0.15, 0.2) is 5.69 Å². The number of aromatic nitrogens is 1. The number of carbonyl (C=O) groups is 1. The molecule has 2 N–H and O–H groups in total. The first-order valence-corrected chi connectivity index (χ1v) is 6.33. The highest BCUT2D eigenvalue weighted by atomic mass is 16.4. The Morgan fingerprint density at radius 1 is 1.44 bits per heavy atom. The number of aromatic carboxylic acids is 1. The molecule has 5 nitrogen and oxygen atoms in total. The molecule has 0 saturated carbocycles. The highest BCUT2D eigenvalue weighted by Gasteiger charge is 2.25. The summed E-state index contributed by atoms with van der Waals surface area (Å²) >= 11 is 0. The van der Waals surface area contributed by atoms with Gasteiger partial charge in [0.1, 0.15) is 0 Å². The van der Waals surface area contributed by atoms with Gasteiger partial charge in [0.25, 0.3) is 0 Å². The molecule has 1 aliphatic rings. The molecule has 2 heterocycles. The second-order valence-corrected chi connectivity index (χ2v) is 4.85. The predicted molar refractivity (Wildman–Crippen MR) is 69.4 cm³/mol. The molecular weight excluding hydrogens is 230 g/mol. The average molecular weight is 249 g/mol. The third-order valence-corrected chi connectivity index (χ3v) is 3.45. The van der Waals surface area contributed by atoms with Gasteiger partial charge in [-0.25, -0.2) is 14.8 Å². The van der Waals surface area contributed by atoms with Crippen LogP contribution in [0.4, 0.5) is 5.69 Å². The van der Waals surface area contributed by atoms with Crippen LogP contribution in [0.25, 0.3) is 0 Å². The second kappa shape index (κ2) is 5.35. The molecule has 5 heteroatoms. The van der Waals surface area contributed by atoms with Crippen molar-refractivity contribution in [3.05, 3.63) is 24.0 Å². The predicted octanol–water partition coefficient (Wildman–Crippen LogP) is 2.37. The van der Waals surface area contributed by atoms with E-state index in [1.807, 2.05) is 0 Å². The van der Waals surface area contributed by atoms with Gasteiger partial charge in [0, 0.05) is 18.3 Å². The first-order valence-electron chi connectivity index (χ1n) is 6.33. The first-order chi connectivity index (χ1) is 8.59. The van der Waals surface area contributed by atoms with Crippen molar-refractivity contribution in [2.24, 2.45) is 0 Å². The van der Waals surface area contributed by atoms with Crippen LogP contribution in [0.2, 0.25) is 0 Å². The molecule has 0 aromatic carbocycles. The van der Waals surface area contributed by atoms with Crippen molar-refractivity contribution in [2.45, 2.75) is 45.2 Å². The summed E-state index contributed by atoms with van der Waals surface area (Å²) in [5, 5.41) is 11.2. The van der Waals surface area contributed by atoms with Crippen LogP contribution >= 0.6 is 0 Å². The SMILES string of the molecule is CC1CCCC(C)N1Nc1cccnc1C(=O)O. The van der Waals surface area contributed by atoms with Crippen molar-refractivity contribution in [3.63, 3.8) is 0 Å². The summed E-state index contributed by atoms with van der Waals surface area (Å²) in [6.07, 6.45) is 4.97. The molecule has 2 unspecified atom stereocenters. The Balaban J connectivity index is 2.20. The third kappa shape index (κ3) is 2.61. The van der Waals surface area contributed by atoms with Gasteiger partial charge in [-0.3, -0.25) is 0 Å². The van der Waals surface area contributed by atoms with Gasteiger partial charge in [-0.15, -0.1) is 0 Å². The van der Waals surface area contributed by atoms with Crippen LogP contribution in [0, 0.1) is 0 Å². The minimum absolute atomic E-state index is 0.0717. The van der Waals surface area contributed by atoms with Crippen LogP contribution in [0.5, 0.6) is 0 Å². The number of rotatable bonds is 3. The largest absolute Gasteiger partial charge is 0.476 e. The Bertz CT molecular complexity index is 426. The second-order valence-electron chi connectivity index (χ2n) is 4.85. The molecule has 0 radical (unpaired) electrons. The zero-order valence-electron chi connectivity index (χ0n) is 10.8. The van der Waals surface area contributed by atoms with Gasteiger partial charge in [0.2, 0.25) is 0 Å². The van der Waals surface area contributed by atoms with E-state index in [0.717, 1.165) is 12.8 Å². The maximum atomic E-state index is 11.1. The van der Waals surface area contributed by atoms with Crippen molar-refractivity contribution < 1.29 is 9.90 Å². The van der Waals surface area contributed by atoms with Crippen LogP contribution in [0.15, 0.2) is 18.3 Å². The summed E-state index contributed by atoms with van der Waals surface area (Å²) in [5.41, 5.74) is 3.85. The Kier molecular flexibility index (Phi) is 3.81. The maximum absolute atomic E-state index is 11.1. The molecule has 1 aromatic rings. The number of carboxylic acids is 1. The zero-order valence-corrected chi connectivity index (χ0v) is 10.8. The van der Waals surface area contributed by atoms with Crippen LogP contribution in [-0.2, 0) is 0 Å². The lowest BCUT2D eigenvalue weighted by Crippen LogP contribution is -2.47. The monoisotopic (exact) mass is 249 g/mol. The van der Waals surface area contributed by atoms with Crippen molar-refractivity contribution >= 4 is 11.7 Å². The van der Waals surface area contributed by atoms with E-state index in [2.05, 4.69) is 29.3 Å². The van der Waals surface area contributed by atoms with E-state index in [4.69, 9.17) is 5.11 Å². The maximum Gasteiger partial charge on any atom is 0.356 e. The van der Waals surface area contributed by atoms with Gasteiger partial charge in [-0.1, -0.05) is 6.42 Å². The summed E-state index contributed by atoms with van der Waals surface area (Å²) in [6.45, 7) is 4.30. The Labute approximate surface area is 107 Å². The fourth-order valence-corrected chi connectivity index (χ4v) is 2.45. The topological polar surface area (TPSA) is 65.5 Å². The van der Waals surface area contributed by atoms with Crippen molar-refractivity contribution in [3.8, 4) is 0 Å². The molecule has 0 bridgehead atoms. The number of anilines is 1. The molecule has 1 saturated heterocycles. The Morgan fingerprint density at radius 2 is 2.11 bits per heavy atom. The smallest absolute Gasteiger partial charge is 0.356 e. The lowest BCUT2D eigenvalue weighted by molar-refractivity contribution is 0.0689. The molecule has 0 spiro atoms. The fourth-order valence-electron chi connectivity index (χ4n) is 2.45. The number of hydrazine groups is 1. The van der Waals surface area contributed by atoms with Crippen molar-refractivity contribution in [1.82, 2.24) is 9.99 Å². The average Bonchev–Trinajstić information content (AvgIpc) is 2.34. The molecule has 1 aliphatic heterocycles. The third-order valence-electron chi connectivity index (χ3n) is 3.45. The van der Waals surface area contributed by atoms with E-state index in [-0.39, 0.29) is 5.69 Å². The molecule has 18 heavy (non-hydrogen) atoms. The normalized spacial score (nSPS) is 24.8. The molecular formula is C13H19N3O2. The number of hydrogen-bond acceptors (Lipinski definition) is 4. The van der Waals surface area contributed by atoms with Crippen molar-refractivity contribution in [1.29, 1.82) is 0 Å². The quantitative estimate of drug-likeness (QED) is 0.861. The van der Waals surface area contributed by atoms with E-state index < -0.39 is 5.97 Å². The van der Waals surface area contributed by atoms with E-state index in [1.54, 1.807) is 12.1 Å². The van der Waals surface area contributed by atoms with E-state index in [0.29, 0.717) is 17.8 Å². The van der Waals surface area contributed by atoms with Crippen LogP contribution in [-0.4, -0.2) is 33.2 Å². The minimum atomic E-state index is -1.00. The number of nitrogens with one attached hydrogen (secondary N) is 1. The van der Waals surface area contributed by atoms with Gasteiger partial charge in [-0.2, -0.15) is 0 Å². The number of pyridine rings is 1. The standard InChI is InChI=1S/C13H19N3O2/c1-9-5-3-6-10(2)16(9)15-11-7-4-8-14-12(11)13(17)18/h4,7-10,15H,3,5-6H2,1-2H3,(H,17,18). The van der Waals surface area contributed by atoms with Crippen molar-refractivity contribution in [2.75, 3.05) is 5.43 Å². The molecule has 1 fully saturated rings. The highest BCUT2D eigenvalue weighted by Crippen LogP contribution is 2.24. The van der Waals surface area contributed by atoms with Gasteiger partial charge in [-0.05, 0) is 38.8 Å². The van der Waals surface area contributed by atoms with Gasteiger partial charge >= 0.3 is 5.97 Å². The molecule has 2 atom stereocenters. The number of carboxylic acid groups (broad SMARTS) is 1. The minimum Gasteiger partial charge on any atom is -0.476 e. The summed E-state index contributed by atoms with van der Waals surface area (Å²) in [6, 6.07) is 4.30.